The van der Waals surface area contributed by atoms with Crippen LogP contribution in [0.15, 0.2) is 127 Å². The van der Waals surface area contributed by atoms with E-state index in [4.69, 9.17) is 0 Å². The summed E-state index contributed by atoms with van der Waals surface area (Å²) in [5, 5.41) is 0. The largest absolute Gasteiger partial charge is 0.311 e. The van der Waals surface area contributed by atoms with Crippen LogP contribution >= 0.6 is 0 Å². The Hall–Kier alpha value is -5.02. The summed E-state index contributed by atoms with van der Waals surface area (Å²) < 4.78 is 0. The van der Waals surface area contributed by atoms with Crippen LogP contribution in [0.5, 0.6) is 0 Å². The normalized spacial score (nSPS) is 17.1. The van der Waals surface area contributed by atoms with E-state index in [1.54, 1.807) is 0 Å². The second-order valence-electron chi connectivity index (χ2n) is 21.9. The molecule has 2 aliphatic heterocycles. The molecule has 2 aliphatic carbocycles. The number of fused-ring (bicyclic) bond motifs is 4. The molecular weight excluding hydrogens is 747 g/mol. The van der Waals surface area contributed by atoms with Crippen molar-refractivity contribution >= 4 is 57.2 Å². The van der Waals surface area contributed by atoms with Crippen LogP contribution in [0.2, 0.25) is 0 Å². The number of nitrogens with zero attached hydrogens (tertiary/aromatic N) is 2. The van der Waals surface area contributed by atoms with Crippen LogP contribution in [-0.4, -0.2) is 6.71 Å². The highest BCUT2D eigenvalue weighted by Gasteiger charge is 2.45. The molecule has 0 saturated heterocycles. The summed E-state index contributed by atoms with van der Waals surface area (Å²) >= 11 is 0. The second kappa shape index (κ2) is 15.7. The molecule has 6 aromatic carbocycles. The zero-order chi connectivity index (χ0) is 43.0. The maximum absolute atomic E-state index is 2.66. The average molecular weight is 815 g/mol. The third-order valence-electron chi connectivity index (χ3n) is 15.5. The fourth-order valence-electron chi connectivity index (χ4n) is 11.6. The van der Waals surface area contributed by atoms with Gasteiger partial charge in [0.1, 0.15) is 0 Å². The lowest BCUT2D eigenvalue weighted by Crippen LogP contribution is -2.61. The Bertz CT molecular complexity index is 2580. The Balaban J connectivity index is 1.27. The van der Waals surface area contributed by atoms with Gasteiger partial charge in [-0.15, -0.1) is 0 Å². The van der Waals surface area contributed by atoms with Crippen molar-refractivity contribution in [2.45, 2.75) is 148 Å². The second-order valence-corrected chi connectivity index (χ2v) is 21.9. The predicted octanol–water partition coefficient (Wildman–Crippen LogP) is 14.8. The van der Waals surface area contributed by atoms with Gasteiger partial charge >= 0.3 is 0 Å². The summed E-state index contributed by atoms with van der Waals surface area (Å²) in [4.78, 5) is 5.28. The van der Waals surface area contributed by atoms with Gasteiger partial charge in [0.25, 0.3) is 6.71 Å². The van der Waals surface area contributed by atoms with Crippen molar-refractivity contribution in [3.8, 4) is 0 Å². The molecule has 0 N–H and O–H groups in total. The van der Waals surface area contributed by atoms with E-state index < -0.39 is 0 Å². The summed E-state index contributed by atoms with van der Waals surface area (Å²) in [6.07, 6.45) is 13.3. The number of hydrogen-bond acceptors (Lipinski definition) is 2. The number of hydrogen-bond donors (Lipinski definition) is 0. The molecule has 2 nitrogen and oxygen atoms in total. The minimum absolute atomic E-state index is 0.00838. The van der Waals surface area contributed by atoms with E-state index in [1.165, 1.54) is 148 Å². The van der Waals surface area contributed by atoms with Crippen molar-refractivity contribution in [1.29, 1.82) is 0 Å². The molecule has 10 rings (SSSR count). The highest BCUT2D eigenvalue weighted by molar-refractivity contribution is 7.00. The molecule has 0 spiro atoms. The topological polar surface area (TPSA) is 6.48 Å². The summed E-state index contributed by atoms with van der Waals surface area (Å²) in [7, 11) is 0. The molecule has 0 bridgehead atoms. The molecule has 0 aromatic heterocycles. The van der Waals surface area contributed by atoms with Gasteiger partial charge in [-0.1, -0.05) is 173 Å². The quantitative estimate of drug-likeness (QED) is 0.154. The SMILES string of the molecule is CC(C)(C)c1ccc(N2c3ccc(C(C)(C)C)cc3B3c4cc(C5CCCCC5)ccc4N(c4ccc(C5CCCCC5)cc4)c4cc(C(C)(C)c5ccccc5)cc2c43)cc1. The minimum Gasteiger partial charge on any atom is -0.311 e. The summed E-state index contributed by atoms with van der Waals surface area (Å²) in [6.45, 7) is 19.0. The fourth-order valence-corrected chi connectivity index (χ4v) is 11.6. The van der Waals surface area contributed by atoms with Crippen molar-refractivity contribution in [2.24, 2.45) is 0 Å². The molecule has 62 heavy (non-hydrogen) atoms. The zero-order valence-electron chi connectivity index (χ0n) is 38.8. The summed E-state index contributed by atoms with van der Waals surface area (Å²) in [5.74, 6) is 1.29. The van der Waals surface area contributed by atoms with Gasteiger partial charge < -0.3 is 9.80 Å². The first kappa shape index (κ1) is 41.0. The zero-order valence-corrected chi connectivity index (χ0v) is 38.8. The van der Waals surface area contributed by atoms with E-state index >= 15 is 0 Å². The third kappa shape index (κ3) is 7.22. The lowest BCUT2D eigenvalue weighted by atomic mass is 9.33. The molecule has 0 radical (unpaired) electrons. The van der Waals surface area contributed by atoms with Crippen molar-refractivity contribution in [3.63, 3.8) is 0 Å². The Morgan fingerprint density at radius 2 is 0.871 bits per heavy atom. The van der Waals surface area contributed by atoms with Crippen LogP contribution < -0.4 is 26.2 Å². The minimum atomic E-state index is -0.248. The first-order valence-corrected chi connectivity index (χ1v) is 24.1. The van der Waals surface area contributed by atoms with E-state index in [9.17, 15) is 0 Å². The van der Waals surface area contributed by atoms with Gasteiger partial charge in [0, 0.05) is 39.5 Å². The Morgan fingerprint density at radius 3 is 1.42 bits per heavy atom. The maximum atomic E-state index is 2.66. The van der Waals surface area contributed by atoms with Gasteiger partial charge in [-0.2, -0.15) is 0 Å². The van der Waals surface area contributed by atoms with Gasteiger partial charge in [-0.05, 0) is 147 Å². The standard InChI is InChI=1S/C59H67BN2/c1-57(2,3)44-27-32-49(33-28-44)62-53-35-29-46(58(4,5)6)37-51(53)60-50-36-43(41-20-14-10-15-21-41)26-34-52(50)61(48-30-24-42(25-31-48)40-18-12-9-13-19-40)54-38-47(39-55(62)56(54)60)59(7,8)45-22-16-11-17-23-45/h11,16-17,22-41H,9-10,12-15,18-21H2,1-8H3. The highest BCUT2D eigenvalue weighted by Crippen LogP contribution is 2.48. The molecular formula is C59H67BN2. The van der Waals surface area contributed by atoms with Crippen molar-refractivity contribution in [2.75, 3.05) is 9.80 Å². The molecule has 0 amide bonds. The summed E-state index contributed by atoms with van der Waals surface area (Å²) in [6, 6.07) is 50.7. The Morgan fingerprint density at radius 1 is 0.403 bits per heavy atom. The lowest BCUT2D eigenvalue weighted by molar-refractivity contribution is 0.443. The fraction of sp³-hybridized carbons (Fsp3) is 0.390. The molecule has 3 heteroatoms. The van der Waals surface area contributed by atoms with Crippen molar-refractivity contribution < 1.29 is 0 Å². The monoisotopic (exact) mass is 815 g/mol. The van der Waals surface area contributed by atoms with Crippen molar-refractivity contribution in [3.05, 3.63) is 161 Å². The molecule has 0 unspecified atom stereocenters. The third-order valence-corrected chi connectivity index (χ3v) is 15.5. The maximum Gasteiger partial charge on any atom is 0.252 e. The van der Waals surface area contributed by atoms with Crippen LogP contribution in [0.3, 0.4) is 0 Å². The van der Waals surface area contributed by atoms with E-state index in [0.717, 1.165) is 0 Å². The van der Waals surface area contributed by atoms with Crippen LogP contribution in [0.1, 0.15) is 165 Å². The molecule has 6 aromatic rings. The van der Waals surface area contributed by atoms with Gasteiger partial charge in [-0.3, -0.25) is 0 Å². The molecule has 0 atom stereocenters. The van der Waals surface area contributed by atoms with Gasteiger partial charge in [0.15, 0.2) is 0 Å². The number of benzene rings is 6. The number of anilines is 6. The molecule has 2 saturated carbocycles. The molecule has 2 fully saturated rings. The van der Waals surface area contributed by atoms with E-state index in [0.29, 0.717) is 11.8 Å². The van der Waals surface area contributed by atoms with E-state index in [2.05, 4.69) is 193 Å². The van der Waals surface area contributed by atoms with Gasteiger partial charge in [-0.25, -0.2) is 0 Å². The lowest BCUT2D eigenvalue weighted by Gasteiger charge is -2.46. The molecule has 316 valence electrons. The van der Waals surface area contributed by atoms with Crippen LogP contribution in [0, 0.1) is 0 Å². The van der Waals surface area contributed by atoms with Crippen LogP contribution in [-0.2, 0) is 16.2 Å². The smallest absolute Gasteiger partial charge is 0.252 e. The highest BCUT2D eigenvalue weighted by atomic mass is 15.2. The van der Waals surface area contributed by atoms with Crippen LogP contribution in [0.25, 0.3) is 0 Å². The molecule has 2 heterocycles. The first-order chi connectivity index (χ1) is 29.8. The van der Waals surface area contributed by atoms with Gasteiger partial charge in [0.2, 0.25) is 0 Å². The Kier molecular flexibility index (Phi) is 10.4. The van der Waals surface area contributed by atoms with E-state index in [-0.39, 0.29) is 23.0 Å². The number of rotatable bonds is 6. The predicted molar refractivity (Wildman–Crippen MR) is 268 cm³/mol. The molecule has 4 aliphatic rings. The Labute approximate surface area is 373 Å². The van der Waals surface area contributed by atoms with Crippen molar-refractivity contribution in [1.82, 2.24) is 0 Å². The van der Waals surface area contributed by atoms with Crippen LogP contribution in [0.4, 0.5) is 34.1 Å². The average Bonchev–Trinajstić information content (AvgIpc) is 3.29. The van der Waals surface area contributed by atoms with E-state index in [1.807, 2.05) is 0 Å². The first-order valence-electron chi connectivity index (χ1n) is 24.1. The van der Waals surface area contributed by atoms with Gasteiger partial charge in [0.05, 0.1) is 0 Å². The summed E-state index contributed by atoms with van der Waals surface area (Å²) in [5.41, 5.74) is 20.2.